The average molecular weight is 766 g/mol. The fraction of sp³-hybridized carbons (Fsp3) is 0.155. The van der Waals surface area contributed by atoms with Crippen molar-refractivity contribution in [2.75, 3.05) is 0 Å². The Bertz CT molecular complexity index is 2530. The highest BCUT2D eigenvalue weighted by molar-refractivity contribution is 6.08. The number of hydrogen-bond donors (Lipinski definition) is 0. The molecule has 0 spiro atoms. The Balaban J connectivity index is 1.33. The summed E-state index contributed by atoms with van der Waals surface area (Å²) in [5.41, 5.74) is 15.8. The van der Waals surface area contributed by atoms with Crippen molar-refractivity contribution < 1.29 is 0 Å². The third-order valence-corrected chi connectivity index (χ3v) is 12.0. The Morgan fingerprint density at radius 1 is 0.627 bits per heavy atom. The van der Waals surface area contributed by atoms with Crippen LogP contribution in [0.2, 0.25) is 0 Å². The largest absolute Gasteiger partial charge is 0.272 e. The van der Waals surface area contributed by atoms with Crippen LogP contribution in [0.1, 0.15) is 85.2 Å². The highest BCUT2D eigenvalue weighted by atomic mass is 14.8. The van der Waals surface area contributed by atoms with E-state index in [0.29, 0.717) is 0 Å². The quantitative estimate of drug-likeness (QED) is 0.0630. The van der Waals surface area contributed by atoms with Crippen LogP contribution in [0, 0.1) is 11.3 Å². The van der Waals surface area contributed by atoms with Gasteiger partial charge in [0, 0.05) is 0 Å². The summed E-state index contributed by atoms with van der Waals surface area (Å²) in [4.78, 5) is 5.43. The Morgan fingerprint density at radius 3 is 1.78 bits per heavy atom. The van der Waals surface area contributed by atoms with E-state index in [1.165, 1.54) is 50.1 Å². The maximum Gasteiger partial charge on any atom is 0.0941 e. The normalized spacial score (nSPS) is 15.0. The molecule has 292 valence electrons. The number of rotatable bonds is 13. The molecule has 1 aliphatic carbocycles. The molecule has 7 rings (SSSR count). The highest BCUT2D eigenvalue weighted by Crippen LogP contribution is 2.56. The van der Waals surface area contributed by atoms with Crippen LogP contribution < -0.4 is 0 Å². The summed E-state index contributed by atoms with van der Waals surface area (Å²) >= 11 is 0. The van der Waals surface area contributed by atoms with Crippen molar-refractivity contribution in [2.45, 2.75) is 46.1 Å². The van der Waals surface area contributed by atoms with E-state index in [4.69, 9.17) is 4.99 Å². The van der Waals surface area contributed by atoms with E-state index in [9.17, 15) is 0 Å². The predicted octanol–water partition coefficient (Wildman–Crippen LogP) is 15.2. The molecule has 0 aromatic heterocycles. The van der Waals surface area contributed by atoms with Gasteiger partial charge in [0.1, 0.15) is 0 Å². The molecule has 1 nitrogen and oxygen atoms in total. The molecule has 0 aliphatic heterocycles. The molecule has 0 unspecified atom stereocenters. The molecule has 0 amide bonds. The molecule has 0 N–H and O–H groups in total. The van der Waals surface area contributed by atoms with Gasteiger partial charge in [0.25, 0.3) is 0 Å². The molecule has 0 fully saturated rings. The van der Waals surface area contributed by atoms with Crippen LogP contribution in [0.5, 0.6) is 0 Å². The molecular formula is C58H55N. The van der Waals surface area contributed by atoms with Gasteiger partial charge in [-0.3, -0.25) is 4.99 Å². The molecule has 6 aromatic rings. The van der Waals surface area contributed by atoms with Crippen LogP contribution in [-0.2, 0) is 5.41 Å². The zero-order chi connectivity index (χ0) is 41.6. The minimum Gasteiger partial charge on any atom is -0.272 e. The van der Waals surface area contributed by atoms with Crippen LogP contribution in [-0.4, -0.2) is 5.71 Å². The monoisotopic (exact) mass is 765 g/mol. The first kappa shape index (κ1) is 40.6. The van der Waals surface area contributed by atoms with Crippen LogP contribution in [0.15, 0.2) is 224 Å². The number of benzene rings is 6. The third-order valence-electron chi connectivity index (χ3n) is 12.0. The van der Waals surface area contributed by atoms with Gasteiger partial charge < -0.3 is 0 Å². The van der Waals surface area contributed by atoms with Crippen LogP contribution in [0.3, 0.4) is 0 Å². The van der Waals surface area contributed by atoms with Gasteiger partial charge in [0.15, 0.2) is 0 Å². The van der Waals surface area contributed by atoms with E-state index in [-0.39, 0.29) is 17.4 Å². The lowest BCUT2D eigenvalue weighted by Crippen LogP contribution is -2.28. The van der Waals surface area contributed by atoms with Gasteiger partial charge in [0.2, 0.25) is 0 Å². The maximum atomic E-state index is 5.43. The smallest absolute Gasteiger partial charge is 0.0941 e. The van der Waals surface area contributed by atoms with Gasteiger partial charge in [-0.1, -0.05) is 235 Å². The van der Waals surface area contributed by atoms with Crippen LogP contribution in [0.25, 0.3) is 22.3 Å². The van der Waals surface area contributed by atoms with E-state index in [1.807, 2.05) is 30.4 Å². The van der Waals surface area contributed by atoms with Gasteiger partial charge in [-0.05, 0) is 91.1 Å². The zero-order valence-electron chi connectivity index (χ0n) is 35.2. The molecule has 1 aliphatic rings. The Labute approximate surface area is 352 Å². The number of fused-ring (bicyclic) bond motifs is 3. The molecule has 0 bridgehead atoms. The summed E-state index contributed by atoms with van der Waals surface area (Å²) in [5, 5.41) is 0. The van der Waals surface area contributed by atoms with E-state index < -0.39 is 5.41 Å². The van der Waals surface area contributed by atoms with Crippen molar-refractivity contribution in [1.29, 1.82) is 0 Å². The number of allylic oxidation sites excluding steroid dienone is 8. The van der Waals surface area contributed by atoms with Gasteiger partial charge in [0.05, 0.1) is 17.2 Å². The lowest BCUT2D eigenvalue weighted by Gasteiger charge is -2.34. The van der Waals surface area contributed by atoms with Crippen molar-refractivity contribution in [2.24, 2.45) is 16.3 Å². The third kappa shape index (κ3) is 8.25. The molecule has 6 aromatic carbocycles. The Hall–Kier alpha value is -6.57. The summed E-state index contributed by atoms with van der Waals surface area (Å²) in [6.07, 6.45) is 12.7. The van der Waals surface area contributed by atoms with Crippen molar-refractivity contribution in [3.8, 4) is 11.1 Å². The Morgan fingerprint density at radius 2 is 1.19 bits per heavy atom. The minimum absolute atomic E-state index is 0.111. The number of aliphatic imine (C=N–C) groups is 1. The highest BCUT2D eigenvalue weighted by Gasteiger charge is 2.46. The predicted molar refractivity (Wildman–Crippen MR) is 255 cm³/mol. The van der Waals surface area contributed by atoms with Crippen molar-refractivity contribution in [1.82, 2.24) is 0 Å². The fourth-order valence-corrected chi connectivity index (χ4v) is 8.16. The molecule has 2 atom stereocenters. The molecule has 1 heteroatoms. The number of nitrogens with zero attached hydrogens (tertiary/aromatic N) is 1. The van der Waals surface area contributed by atoms with Crippen molar-refractivity contribution in [3.63, 3.8) is 0 Å². The summed E-state index contributed by atoms with van der Waals surface area (Å²) in [7, 11) is 0. The lowest BCUT2D eigenvalue weighted by molar-refractivity contribution is 0.504. The molecular weight excluding hydrogens is 711 g/mol. The summed E-state index contributed by atoms with van der Waals surface area (Å²) in [6, 6.07) is 56.4. The van der Waals surface area contributed by atoms with Crippen molar-refractivity contribution >= 4 is 16.9 Å². The maximum absolute atomic E-state index is 5.43. The van der Waals surface area contributed by atoms with Gasteiger partial charge >= 0.3 is 0 Å². The molecule has 0 radical (unpaired) electrons. The van der Waals surface area contributed by atoms with E-state index in [2.05, 4.69) is 218 Å². The van der Waals surface area contributed by atoms with Gasteiger partial charge in [-0.25, -0.2) is 0 Å². The molecule has 0 saturated carbocycles. The van der Waals surface area contributed by atoms with Crippen LogP contribution >= 0.6 is 0 Å². The molecule has 0 heterocycles. The van der Waals surface area contributed by atoms with E-state index in [1.54, 1.807) is 0 Å². The molecule has 0 saturated heterocycles. The minimum atomic E-state index is -0.508. The van der Waals surface area contributed by atoms with Gasteiger partial charge in [-0.15, -0.1) is 6.58 Å². The van der Waals surface area contributed by atoms with Crippen LogP contribution in [0.4, 0.5) is 0 Å². The standard InChI is InChI=1S/C58H55N/c1-9-41(3)50(37-31-43(5)57(6,7)8)45-34-32-44(33-35-45)42(4)30-39-56(59-55(10-2)46-22-14-11-15-23-46)47-36-38-52-51-28-20-21-29-53(51)58(54(52)40-47,48-24-16-12-17-25-48)49-26-18-13-19-27-49/h9-41,56H,1-2,4H2,3,5-8H3/b39-30+,43-31+,50-37+,59-55+/t41-,56-/m0/s1. The first-order valence-corrected chi connectivity index (χ1v) is 20.7. The number of hydrogen-bond acceptors (Lipinski definition) is 1. The summed E-state index contributed by atoms with van der Waals surface area (Å²) in [6.45, 7) is 24.0. The first-order chi connectivity index (χ1) is 28.6. The second kappa shape index (κ2) is 17.5. The summed E-state index contributed by atoms with van der Waals surface area (Å²) < 4.78 is 0. The topological polar surface area (TPSA) is 12.4 Å². The second-order valence-electron chi connectivity index (χ2n) is 16.6. The zero-order valence-corrected chi connectivity index (χ0v) is 35.2. The summed E-state index contributed by atoms with van der Waals surface area (Å²) in [5.74, 6) is 0.206. The molecule has 59 heavy (non-hydrogen) atoms. The van der Waals surface area contributed by atoms with Crippen molar-refractivity contribution in [3.05, 3.63) is 264 Å². The second-order valence-corrected chi connectivity index (χ2v) is 16.6. The van der Waals surface area contributed by atoms with E-state index >= 15 is 0 Å². The average Bonchev–Trinajstić information content (AvgIpc) is 3.57. The first-order valence-electron chi connectivity index (χ1n) is 20.7. The Kier molecular flexibility index (Phi) is 12.1. The van der Waals surface area contributed by atoms with Gasteiger partial charge in [-0.2, -0.15) is 0 Å². The van der Waals surface area contributed by atoms with E-state index in [0.717, 1.165) is 28.0 Å². The SMILES string of the molecule is C=C/C(=N\[C@@H](/C=C/C(=C)c1ccc(/C(=C/C=C(\C)C(C)(C)C)[C@@H](C)C=C)cc1)c1ccc2c(c1)C(c1ccccc1)(c1ccccc1)c1ccccc1-2)c1ccccc1. The lowest BCUT2D eigenvalue weighted by atomic mass is 9.67. The fourth-order valence-electron chi connectivity index (χ4n) is 8.16.